The molecule has 0 heterocycles. The van der Waals surface area contributed by atoms with Crippen molar-refractivity contribution < 1.29 is 9.47 Å². The second kappa shape index (κ2) is 6.68. The van der Waals surface area contributed by atoms with E-state index < -0.39 is 0 Å². The van der Waals surface area contributed by atoms with Crippen molar-refractivity contribution in [3.05, 3.63) is 55.6 Å². The molecule has 19 heavy (non-hydrogen) atoms. The zero-order chi connectivity index (χ0) is 13.8. The Kier molecular flexibility index (Phi) is 5.19. The van der Waals surface area contributed by atoms with Crippen LogP contribution >= 0.6 is 45.8 Å². The molecular formula is C14H11Cl2IO2. The van der Waals surface area contributed by atoms with Crippen LogP contribution in [-0.2, 0) is 6.61 Å². The van der Waals surface area contributed by atoms with Crippen LogP contribution in [0.3, 0.4) is 0 Å². The molecule has 0 amide bonds. The zero-order valence-corrected chi connectivity index (χ0v) is 13.8. The lowest BCUT2D eigenvalue weighted by Crippen LogP contribution is -1.97. The second-order valence-corrected chi connectivity index (χ2v) is 5.76. The van der Waals surface area contributed by atoms with Crippen molar-refractivity contribution >= 4 is 45.8 Å². The van der Waals surface area contributed by atoms with E-state index in [0.29, 0.717) is 22.4 Å². The average Bonchev–Trinajstić information content (AvgIpc) is 2.41. The Bertz CT molecular complexity index is 570. The molecule has 100 valence electrons. The predicted molar refractivity (Wildman–Crippen MR) is 86.5 cm³/mol. The van der Waals surface area contributed by atoms with Crippen molar-refractivity contribution in [1.29, 1.82) is 0 Å². The number of rotatable bonds is 4. The Labute approximate surface area is 135 Å². The summed E-state index contributed by atoms with van der Waals surface area (Å²) in [5, 5.41) is 1.16. The first kappa shape index (κ1) is 14.8. The third-order valence-electron chi connectivity index (χ3n) is 2.51. The molecule has 0 aliphatic carbocycles. The lowest BCUT2D eigenvalue weighted by molar-refractivity contribution is 0.304. The highest BCUT2D eigenvalue weighted by atomic mass is 127. The van der Waals surface area contributed by atoms with Gasteiger partial charge in [0.1, 0.15) is 18.1 Å². The minimum Gasteiger partial charge on any atom is -0.497 e. The van der Waals surface area contributed by atoms with Crippen molar-refractivity contribution in [3.63, 3.8) is 0 Å². The van der Waals surface area contributed by atoms with Gasteiger partial charge in [0, 0.05) is 5.02 Å². The molecule has 0 aliphatic heterocycles. The molecular weight excluding hydrogens is 398 g/mol. The van der Waals surface area contributed by atoms with Crippen LogP contribution in [0.25, 0.3) is 0 Å². The lowest BCUT2D eigenvalue weighted by atomic mass is 10.2. The van der Waals surface area contributed by atoms with Crippen LogP contribution in [0.15, 0.2) is 36.4 Å². The van der Waals surface area contributed by atoms with E-state index in [9.17, 15) is 0 Å². The van der Waals surface area contributed by atoms with Gasteiger partial charge in [-0.2, -0.15) is 0 Å². The van der Waals surface area contributed by atoms with E-state index in [4.69, 9.17) is 32.7 Å². The predicted octanol–water partition coefficient (Wildman–Crippen LogP) is 5.19. The number of hydrogen-bond acceptors (Lipinski definition) is 2. The molecule has 0 spiro atoms. The smallest absolute Gasteiger partial charge is 0.136 e. The average molecular weight is 409 g/mol. The third kappa shape index (κ3) is 3.91. The summed E-state index contributed by atoms with van der Waals surface area (Å²) in [7, 11) is 1.64. The molecule has 0 fully saturated rings. The van der Waals surface area contributed by atoms with E-state index in [1.54, 1.807) is 19.2 Å². The van der Waals surface area contributed by atoms with Crippen LogP contribution in [0.2, 0.25) is 10.0 Å². The summed E-state index contributed by atoms with van der Waals surface area (Å²) in [6.07, 6.45) is 0. The van der Waals surface area contributed by atoms with Gasteiger partial charge in [-0.1, -0.05) is 35.3 Å². The van der Waals surface area contributed by atoms with Gasteiger partial charge in [0.05, 0.1) is 15.7 Å². The normalized spacial score (nSPS) is 10.3. The molecule has 0 aliphatic rings. The van der Waals surface area contributed by atoms with E-state index in [1.807, 2.05) is 24.3 Å². The Balaban J connectivity index is 2.09. The fourth-order valence-corrected chi connectivity index (χ4v) is 2.46. The Hall–Kier alpha value is -0.650. The van der Waals surface area contributed by atoms with Crippen molar-refractivity contribution in [2.24, 2.45) is 0 Å². The standard InChI is InChI=1S/C14H11Cl2IO2/c1-18-11-4-2-9(3-5-11)8-19-13-7-10(15)6-12(16)14(13)17/h2-7H,8H2,1H3. The maximum Gasteiger partial charge on any atom is 0.136 e. The molecule has 0 radical (unpaired) electrons. The number of hydrogen-bond donors (Lipinski definition) is 0. The Morgan fingerprint density at radius 1 is 1.11 bits per heavy atom. The fraction of sp³-hybridized carbons (Fsp3) is 0.143. The van der Waals surface area contributed by atoms with Gasteiger partial charge in [-0.3, -0.25) is 0 Å². The fourth-order valence-electron chi connectivity index (χ4n) is 1.52. The highest BCUT2D eigenvalue weighted by Crippen LogP contribution is 2.32. The summed E-state index contributed by atoms with van der Waals surface area (Å²) < 4.78 is 11.7. The van der Waals surface area contributed by atoms with Crippen molar-refractivity contribution in [1.82, 2.24) is 0 Å². The molecule has 0 unspecified atom stereocenters. The van der Waals surface area contributed by atoms with Gasteiger partial charge >= 0.3 is 0 Å². The largest absolute Gasteiger partial charge is 0.497 e. The molecule has 0 saturated carbocycles. The van der Waals surface area contributed by atoms with Crippen LogP contribution in [0.4, 0.5) is 0 Å². The third-order valence-corrected chi connectivity index (χ3v) is 4.46. The van der Waals surface area contributed by atoms with Crippen LogP contribution in [0, 0.1) is 3.57 Å². The molecule has 0 N–H and O–H groups in total. The number of ether oxygens (including phenoxy) is 2. The van der Waals surface area contributed by atoms with E-state index >= 15 is 0 Å². The van der Waals surface area contributed by atoms with E-state index in [2.05, 4.69) is 22.6 Å². The zero-order valence-electron chi connectivity index (χ0n) is 10.1. The molecule has 0 saturated heterocycles. The molecule has 2 rings (SSSR count). The van der Waals surface area contributed by atoms with Gasteiger partial charge < -0.3 is 9.47 Å². The van der Waals surface area contributed by atoms with Gasteiger partial charge in [0.2, 0.25) is 0 Å². The monoisotopic (exact) mass is 408 g/mol. The highest BCUT2D eigenvalue weighted by molar-refractivity contribution is 14.1. The van der Waals surface area contributed by atoms with Crippen LogP contribution in [0.5, 0.6) is 11.5 Å². The summed E-state index contributed by atoms with van der Waals surface area (Å²) in [6, 6.07) is 11.2. The first-order valence-electron chi connectivity index (χ1n) is 5.50. The number of methoxy groups -OCH3 is 1. The summed E-state index contributed by atoms with van der Waals surface area (Å²) in [5.41, 5.74) is 1.05. The molecule has 2 aromatic rings. The van der Waals surface area contributed by atoms with Crippen LogP contribution in [-0.4, -0.2) is 7.11 Å². The molecule has 0 bridgehead atoms. The van der Waals surface area contributed by atoms with Crippen molar-refractivity contribution in [3.8, 4) is 11.5 Å². The summed E-state index contributed by atoms with van der Waals surface area (Å²) >= 11 is 14.2. The first-order chi connectivity index (χ1) is 9.10. The molecule has 0 atom stereocenters. The molecule has 2 nitrogen and oxygen atoms in total. The molecule has 5 heteroatoms. The van der Waals surface area contributed by atoms with Crippen LogP contribution in [0.1, 0.15) is 5.56 Å². The molecule has 2 aromatic carbocycles. The van der Waals surface area contributed by atoms with Crippen LogP contribution < -0.4 is 9.47 Å². The van der Waals surface area contributed by atoms with Gasteiger partial charge in [-0.05, 0) is 52.4 Å². The topological polar surface area (TPSA) is 18.5 Å². The first-order valence-corrected chi connectivity index (χ1v) is 7.34. The Morgan fingerprint density at radius 3 is 2.42 bits per heavy atom. The van der Waals surface area contributed by atoms with Crippen molar-refractivity contribution in [2.45, 2.75) is 6.61 Å². The maximum atomic E-state index is 6.05. The summed E-state index contributed by atoms with van der Waals surface area (Å²) in [6.45, 7) is 0.455. The molecule has 0 aromatic heterocycles. The van der Waals surface area contributed by atoms with E-state index in [-0.39, 0.29) is 0 Å². The lowest BCUT2D eigenvalue weighted by Gasteiger charge is -2.10. The van der Waals surface area contributed by atoms with E-state index in [0.717, 1.165) is 14.9 Å². The van der Waals surface area contributed by atoms with E-state index in [1.165, 1.54) is 0 Å². The second-order valence-electron chi connectivity index (χ2n) is 3.84. The minimum absolute atomic E-state index is 0.455. The summed E-state index contributed by atoms with van der Waals surface area (Å²) in [4.78, 5) is 0. The SMILES string of the molecule is COc1ccc(COc2cc(Cl)cc(Cl)c2I)cc1. The summed E-state index contributed by atoms with van der Waals surface area (Å²) in [5.74, 6) is 1.51. The van der Waals surface area contributed by atoms with Gasteiger partial charge in [0.25, 0.3) is 0 Å². The number of halogens is 3. The Morgan fingerprint density at radius 2 is 1.79 bits per heavy atom. The van der Waals surface area contributed by atoms with Gasteiger partial charge in [0.15, 0.2) is 0 Å². The highest BCUT2D eigenvalue weighted by Gasteiger charge is 2.08. The van der Waals surface area contributed by atoms with Crippen molar-refractivity contribution in [2.75, 3.05) is 7.11 Å². The quantitative estimate of drug-likeness (QED) is 0.512. The minimum atomic E-state index is 0.455. The van der Waals surface area contributed by atoms with Gasteiger partial charge in [-0.15, -0.1) is 0 Å². The van der Waals surface area contributed by atoms with Gasteiger partial charge in [-0.25, -0.2) is 0 Å². The number of benzene rings is 2. The maximum absolute atomic E-state index is 6.05.